The van der Waals surface area contributed by atoms with Gasteiger partial charge in [0.1, 0.15) is 0 Å². The monoisotopic (exact) mass is 206 g/mol. The van der Waals surface area contributed by atoms with Crippen molar-refractivity contribution in [3.63, 3.8) is 0 Å². The van der Waals surface area contributed by atoms with E-state index in [1.54, 1.807) is 12.3 Å². The van der Waals surface area contributed by atoms with E-state index in [2.05, 4.69) is 11.1 Å². The van der Waals surface area contributed by atoms with Gasteiger partial charge in [-0.05, 0) is 23.8 Å². The van der Waals surface area contributed by atoms with E-state index in [-0.39, 0.29) is 0 Å². The quantitative estimate of drug-likeness (QED) is 0.708. The Balaban J connectivity index is 2.39. The summed E-state index contributed by atoms with van der Waals surface area (Å²) >= 11 is 0. The van der Waals surface area contributed by atoms with Crippen molar-refractivity contribution < 1.29 is 0 Å². The van der Waals surface area contributed by atoms with Crippen LogP contribution in [0.2, 0.25) is 0 Å². The number of rotatable bonds is 2. The molecule has 0 amide bonds. The van der Waals surface area contributed by atoms with Crippen LogP contribution in [0, 0.1) is 11.3 Å². The van der Waals surface area contributed by atoms with Gasteiger partial charge in [-0.15, -0.1) is 0 Å². The summed E-state index contributed by atoms with van der Waals surface area (Å²) in [5, 5.41) is 9.09. The second-order valence-corrected chi connectivity index (χ2v) is 3.29. The van der Waals surface area contributed by atoms with E-state index in [1.165, 1.54) is 0 Å². The summed E-state index contributed by atoms with van der Waals surface area (Å²) in [5.74, 6) is 0. The highest BCUT2D eigenvalue weighted by molar-refractivity contribution is 5.88. The Morgan fingerprint density at radius 2 is 1.81 bits per heavy atom. The van der Waals surface area contributed by atoms with Crippen LogP contribution in [0.1, 0.15) is 11.3 Å². The number of pyridine rings is 1. The molecule has 1 aromatic carbocycles. The predicted octanol–water partition coefficient (Wildman–Crippen LogP) is 3.15. The summed E-state index contributed by atoms with van der Waals surface area (Å²) in [7, 11) is 0. The van der Waals surface area contributed by atoms with E-state index >= 15 is 0 Å². The van der Waals surface area contributed by atoms with E-state index in [0.29, 0.717) is 5.57 Å². The van der Waals surface area contributed by atoms with Crippen LogP contribution in [0.25, 0.3) is 11.6 Å². The Morgan fingerprint density at radius 1 is 1.06 bits per heavy atom. The number of nitrogens with zero attached hydrogens (tertiary/aromatic N) is 2. The highest BCUT2D eigenvalue weighted by atomic mass is 14.6. The van der Waals surface area contributed by atoms with Crippen molar-refractivity contribution >= 4 is 11.6 Å². The number of nitriles is 1. The molecule has 0 saturated heterocycles. The first-order valence-electron chi connectivity index (χ1n) is 4.98. The Labute approximate surface area is 94.5 Å². The smallest absolute Gasteiger partial charge is 0.0998 e. The fourth-order valence-corrected chi connectivity index (χ4v) is 1.41. The molecular formula is C14H10N2. The Hall–Kier alpha value is -2.40. The van der Waals surface area contributed by atoms with Gasteiger partial charge in [0, 0.05) is 6.20 Å². The summed E-state index contributed by atoms with van der Waals surface area (Å²) in [6.45, 7) is 0. The molecule has 0 radical (unpaired) electrons. The zero-order valence-electron chi connectivity index (χ0n) is 8.67. The standard InChI is InChI=1S/C14H10N2/c15-11-13(12-6-2-1-3-7-12)10-14-8-4-5-9-16-14/h1-10H/b13-10+. The van der Waals surface area contributed by atoms with Crippen LogP contribution in [0.5, 0.6) is 0 Å². The molecule has 2 rings (SSSR count). The first-order valence-corrected chi connectivity index (χ1v) is 4.98. The van der Waals surface area contributed by atoms with Gasteiger partial charge < -0.3 is 0 Å². The van der Waals surface area contributed by atoms with Crippen molar-refractivity contribution in [3.05, 3.63) is 66.0 Å². The second kappa shape index (κ2) is 4.90. The van der Waals surface area contributed by atoms with Crippen molar-refractivity contribution in [3.8, 4) is 6.07 Å². The molecule has 2 nitrogen and oxygen atoms in total. The minimum absolute atomic E-state index is 0.624. The number of benzene rings is 1. The van der Waals surface area contributed by atoms with Gasteiger partial charge >= 0.3 is 0 Å². The lowest BCUT2D eigenvalue weighted by Gasteiger charge is -1.98. The molecule has 76 valence electrons. The van der Waals surface area contributed by atoms with Crippen LogP contribution in [-0.4, -0.2) is 4.98 Å². The second-order valence-electron chi connectivity index (χ2n) is 3.29. The molecule has 0 aliphatic heterocycles. The van der Waals surface area contributed by atoms with Gasteiger partial charge in [0.25, 0.3) is 0 Å². The lowest BCUT2D eigenvalue weighted by Crippen LogP contribution is -1.83. The van der Waals surface area contributed by atoms with Gasteiger partial charge in [-0.1, -0.05) is 36.4 Å². The SMILES string of the molecule is N#C/C(=C\c1ccccn1)c1ccccc1. The van der Waals surface area contributed by atoms with Crippen LogP contribution in [0.15, 0.2) is 54.7 Å². The lowest BCUT2D eigenvalue weighted by molar-refractivity contribution is 1.30. The number of hydrogen-bond acceptors (Lipinski definition) is 2. The maximum Gasteiger partial charge on any atom is 0.0998 e. The maximum absolute atomic E-state index is 9.09. The number of aromatic nitrogens is 1. The van der Waals surface area contributed by atoms with Gasteiger partial charge in [0.15, 0.2) is 0 Å². The summed E-state index contributed by atoms with van der Waals surface area (Å²) in [6.07, 6.45) is 3.50. The molecule has 0 N–H and O–H groups in total. The molecule has 0 bridgehead atoms. The largest absolute Gasteiger partial charge is 0.257 e. The molecule has 1 aromatic heterocycles. The van der Waals surface area contributed by atoms with E-state index in [9.17, 15) is 0 Å². The van der Waals surface area contributed by atoms with Gasteiger partial charge in [0.2, 0.25) is 0 Å². The maximum atomic E-state index is 9.09. The molecule has 2 aromatic rings. The third-order valence-electron chi connectivity index (χ3n) is 2.19. The van der Waals surface area contributed by atoms with Crippen LogP contribution in [0.3, 0.4) is 0 Å². The summed E-state index contributed by atoms with van der Waals surface area (Å²) in [4.78, 5) is 4.16. The zero-order chi connectivity index (χ0) is 11.2. The van der Waals surface area contributed by atoms with Crippen molar-refractivity contribution in [2.75, 3.05) is 0 Å². The average molecular weight is 206 g/mol. The molecule has 16 heavy (non-hydrogen) atoms. The van der Waals surface area contributed by atoms with E-state index < -0.39 is 0 Å². The molecule has 0 aliphatic carbocycles. The highest BCUT2D eigenvalue weighted by Crippen LogP contribution is 2.15. The van der Waals surface area contributed by atoms with Gasteiger partial charge in [-0.2, -0.15) is 5.26 Å². The third-order valence-corrected chi connectivity index (χ3v) is 2.19. The van der Waals surface area contributed by atoms with Crippen molar-refractivity contribution in [2.24, 2.45) is 0 Å². The Kier molecular flexibility index (Phi) is 3.10. The van der Waals surface area contributed by atoms with Crippen LogP contribution >= 0.6 is 0 Å². The summed E-state index contributed by atoms with van der Waals surface area (Å²) in [5.41, 5.74) is 2.33. The van der Waals surface area contributed by atoms with E-state index in [1.807, 2.05) is 48.5 Å². The molecule has 0 saturated carbocycles. The lowest BCUT2D eigenvalue weighted by atomic mass is 10.1. The Bertz CT molecular complexity index is 522. The van der Waals surface area contributed by atoms with Crippen molar-refractivity contribution in [1.82, 2.24) is 4.98 Å². The molecule has 2 heteroatoms. The Morgan fingerprint density at radius 3 is 2.44 bits per heavy atom. The third kappa shape index (κ3) is 2.34. The van der Waals surface area contributed by atoms with Crippen molar-refractivity contribution in [2.45, 2.75) is 0 Å². The van der Waals surface area contributed by atoms with Crippen LogP contribution in [0.4, 0.5) is 0 Å². The van der Waals surface area contributed by atoms with Gasteiger partial charge in [-0.3, -0.25) is 4.98 Å². The summed E-state index contributed by atoms with van der Waals surface area (Å²) < 4.78 is 0. The van der Waals surface area contributed by atoms with Gasteiger partial charge in [-0.25, -0.2) is 0 Å². The number of hydrogen-bond donors (Lipinski definition) is 0. The molecule has 0 spiro atoms. The molecule has 0 unspecified atom stereocenters. The zero-order valence-corrected chi connectivity index (χ0v) is 8.67. The van der Waals surface area contributed by atoms with Crippen LogP contribution < -0.4 is 0 Å². The van der Waals surface area contributed by atoms with Crippen LogP contribution in [-0.2, 0) is 0 Å². The van der Waals surface area contributed by atoms with Gasteiger partial charge in [0.05, 0.1) is 17.3 Å². The van der Waals surface area contributed by atoms with E-state index in [0.717, 1.165) is 11.3 Å². The first-order chi connectivity index (χ1) is 7.90. The minimum Gasteiger partial charge on any atom is -0.257 e. The number of allylic oxidation sites excluding steroid dienone is 1. The molecule has 1 heterocycles. The minimum atomic E-state index is 0.624. The average Bonchev–Trinajstić information content (AvgIpc) is 2.38. The molecule has 0 atom stereocenters. The fourth-order valence-electron chi connectivity index (χ4n) is 1.41. The summed E-state index contributed by atoms with van der Waals surface area (Å²) in [6, 6.07) is 17.4. The first kappa shape index (κ1) is 10.1. The molecule has 0 aliphatic rings. The predicted molar refractivity (Wildman–Crippen MR) is 64.2 cm³/mol. The highest BCUT2D eigenvalue weighted by Gasteiger charge is 1.99. The molecular weight excluding hydrogens is 196 g/mol. The topological polar surface area (TPSA) is 36.7 Å². The van der Waals surface area contributed by atoms with Crippen molar-refractivity contribution in [1.29, 1.82) is 5.26 Å². The van der Waals surface area contributed by atoms with E-state index in [4.69, 9.17) is 5.26 Å². The fraction of sp³-hybridized carbons (Fsp3) is 0. The normalized spacial score (nSPS) is 10.8. The molecule has 0 fully saturated rings.